The van der Waals surface area contributed by atoms with Crippen LogP contribution >= 0.6 is 0 Å². The zero-order valence-corrected chi connectivity index (χ0v) is 19.4. The van der Waals surface area contributed by atoms with E-state index in [0.29, 0.717) is 34.8 Å². The Morgan fingerprint density at radius 3 is 2.21 bits per heavy atom. The standard InChI is InChI=1S/C25H28N2O6/c1-13-10-17-22(24(28)21(13)25(29)33-5)23(27-16-9-7-6-8-15(16)26-17)14-11-19(31-3)20(32-4)12-18(14)30-2/h6-9,11-13,21,23,26-27H,10H2,1-5H3/t13-,21-,23-/m1/s1. The molecule has 0 bridgehead atoms. The molecule has 2 aliphatic rings. The van der Waals surface area contributed by atoms with Gasteiger partial charge in [0.2, 0.25) is 0 Å². The van der Waals surface area contributed by atoms with Crippen molar-refractivity contribution in [2.45, 2.75) is 19.4 Å². The number of ketones is 1. The van der Waals surface area contributed by atoms with Crippen molar-refractivity contribution in [2.24, 2.45) is 11.8 Å². The summed E-state index contributed by atoms with van der Waals surface area (Å²) in [5.41, 5.74) is 3.61. The number of ether oxygens (including phenoxy) is 4. The molecule has 174 valence electrons. The van der Waals surface area contributed by atoms with Gasteiger partial charge in [0.25, 0.3) is 0 Å². The average Bonchev–Trinajstić information content (AvgIpc) is 2.99. The smallest absolute Gasteiger partial charge is 0.316 e. The van der Waals surface area contributed by atoms with Crippen molar-refractivity contribution < 1.29 is 28.5 Å². The van der Waals surface area contributed by atoms with E-state index < -0.39 is 17.9 Å². The van der Waals surface area contributed by atoms with E-state index >= 15 is 0 Å². The number of esters is 1. The number of rotatable bonds is 5. The molecular formula is C25H28N2O6. The first kappa shape index (κ1) is 22.5. The molecule has 0 fully saturated rings. The molecule has 0 unspecified atom stereocenters. The van der Waals surface area contributed by atoms with E-state index in [1.54, 1.807) is 33.5 Å². The van der Waals surface area contributed by atoms with Crippen LogP contribution in [-0.4, -0.2) is 40.2 Å². The van der Waals surface area contributed by atoms with E-state index in [0.717, 1.165) is 17.1 Å². The zero-order valence-electron chi connectivity index (χ0n) is 19.4. The second-order valence-corrected chi connectivity index (χ2v) is 8.14. The number of para-hydroxylation sites is 2. The number of nitrogens with one attached hydrogen (secondary N) is 2. The minimum absolute atomic E-state index is 0.214. The maximum Gasteiger partial charge on any atom is 0.316 e. The van der Waals surface area contributed by atoms with E-state index in [4.69, 9.17) is 18.9 Å². The van der Waals surface area contributed by atoms with Crippen molar-refractivity contribution in [3.05, 3.63) is 53.2 Å². The minimum Gasteiger partial charge on any atom is -0.496 e. The number of anilines is 2. The Labute approximate surface area is 192 Å². The second-order valence-electron chi connectivity index (χ2n) is 8.14. The van der Waals surface area contributed by atoms with Gasteiger partial charge in [-0.15, -0.1) is 0 Å². The van der Waals surface area contributed by atoms with Gasteiger partial charge in [0.1, 0.15) is 11.7 Å². The van der Waals surface area contributed by atoms with Gasteiger partial charge in [-0.3, -0.25) is 9.59 Å². The summed E-state index contributed by atoms with van der Waals surface area (Å²) in [7, 11) is 5.97. The highest BCUT2D eigenvalue weighted by atomic mass is 16.5. The molecule has 0 saturated heterocycles. The number of fused-ring (bicyclic) bond motifs is 1. The van der Waals surface area contributed by atoms with E-state index in [2.05, 4.69) is 10.6 Å². The third-order valence-electron chi connectivity index (χ3n) is 6.27. The van der Waals surface area contributed by atoms with Crippen LogP contribution in [0.3, 0.4) is 0 Å². The summed E-state index contributed by atoms with van der Waals surface area (Å²) in [6.45, 7) is 1.89. The van der Waals surface area contributed by atoms with Crippen molar-refractivity contribution in [2.75, 3.05) is 39.1 Å². The summed E-state index contributed by atoms with van der Waals surface area (Å²) >= 11 is 0. The number of hydrogen-bond donors (Lipinski definition) is 2. The van der Waals surface area contributed by atoms with Gasteiger partial charge in [-0.1, -0.05) is 19.1 Å². The van der Waals surface area contributed by atoms with Crippen LogP contribution in [0.25, 0.3) is 0 Å². The summed E-state index contributed by atoms with van der Waals surface area (Å²) in [6.07, 6.45) is 0.517. The molecule has 33 heavy (non-hydrogen) atoms. The van der Waals surface area contributed by atoms with Crippen LogP contribution in [0.5, 0.6) is 17.2 Å². The zero-order chi connectivity index (χ0) is 23.7. The van der Waals surface area contributed by atoms with Gasteiger partial charge in [-0.25, -0.2) is 0 Å². The Kier molecular flexibility index (Phi) is 6.18. The first-order valence-corrected chi connectivity index (χ1v) is 10.7. The molecule has 4 rings (SSSR count). The number of methoxy groups -OCH3 is 4. The fourth-order valence-electron chi connectivity index (χ4n) is 4.65. The summed E-state index contributed by atoms with van der Waals surface area (Å²) in [5.74, 6) is -0.359. The third-order valence-corrected chi connectivity index (χ3v) is 6.27. The first-order chi connectivity index (χ1) is 15.9. The first-order valence-electron chi connectivity index (χ1n) is 10.7. The normalized spacial score (nSPS) is 21.6. The van der Waals surface area contributed by atoms with Crippen LogP contribution in [0.2, 0.25) is 0 Å². The summed E-state index contributed by atoms with van der Waals surface area (Å²) < 4.78 is 21.6. The van der Waals surface area contributed by atoms with Gasteiger partial charge >= 0.3 is 5.97 Å². The molecule has 0 aromatic heterocycles. The van der Waals surface area contributed by atoms with Crippen LogP contribution < -0.4 is 24.8 Å². The molecule has 8 nitrogen and oxygen atoms in total. The molecule has 8 heteroatoms. The van der Waals surface area contributed by atoms with E-state index in [1.807, 2.05) is 31.2 Å². The molecule has 0 spiro atoms. The van der Waals surface area contributed by atoms with Gasteiger partial charge in [0.15, 0.2) is 17.3 Å². The molecule has 2 aromatic carbocycles. The molecule has 1 heterocycles. The highest BCUT2D eigenvalue weighted by Gasteiger charge is 2.45. The van der Waals surface area contributed by atoms with Gasteiger partial charge in [0, 0.05) is 22.9 Å². The average molecular weight is 453 g/mol. The molecule has 1 aliphatic carbocycles. The van der Waals surface area contributed by atoms with Crippen molar-refractivity contribution in [3.63, 3.8) is 0 Å². The molecule has 0 saturated carbocycles. The Hall–Kier alpha value is -3.68. The van der Waals surface area contributed by atoms with Crippen LogP contribution in [0.15, 0.2) is 47.7 Å². The topological polar surface area (TPSA) is 95.1 Å². The Morgan fingerprint density at radius 1 is 0.939 bits per heavy atom. The molecule has 3 atom stereocenters. The van der Waals surface area contributed by atoms with Gasteiger partial charge in [-0.2, -0.15) is 0 Å². The van der Waals surface area contributed by atoms with E-state index in [9.17, 15) is 9.59 Å². The monoisotopic (exact) mass is 452 g/mol. The lowest BCUT2D eigenvalue weighted by molar-refractivity contribution is -0.151. The second kappa shape index (κ2) is 9.05. The number of benzene rings is 2. The van der Waals surface area contributed by atoms with Crippen LogP contribution in [0.1, 0.15) is 24.9 Å². The predicted molar refractivity (Wildman–Crippen MR) is 124 cm³/mol. The van der Waals surface area contributed by atoms with E-state index in [-0.39, 0.29) is 11.7 Å². The largest absolute Gasteiger partial charge is 0.496 e. The van der Waals surface area contributed by atoms with Gasteiger partial charge in [-0.05, 0) is 30.5 Å². The summed E-state index contributed by atoms with van der Waals surface area (Å²) in [5, 5.41) is 6.93. The fourth-order valence-corrected chi connectivity index (χ4v) is 4.65. The van der Waals surface area contributed by atoms with Gasteiger partial charge < -0.3 is 29.6 Å². The van der Waals surface area contributed by atoms with E-state index in [1.165, 1.54) is 7.11 Å². The molecule has 2 aromatic rings. The fraction of sp³-hybridized carbons (Fsp3) is 0.360. The maximum absolute atomic E-state index is 13.8. The predicted octanol–water partition coefficient (Wildman–Crippen LogP) is 3.94. The SMILES string of the molecule is COC(=O)[C@H]1C(=O)C2=C(C[C@H]1C)Nc1ccccc1N[C@@H]2c1cc(OC)c(OC)cc1OC. The minimum atomic E-state index is -0.882. The third kappa shape index (κ3) is 3.86. The molecule has 1 aliphatic heterocycles. The lowest BCUT2D eigenvalue weighted by Gasteiger charge is -2.33. The maximum atomic E-state index is 13.8. The molecular weight excluding hydrogens is 424 g/mol. The van der Waals surface area contributed by atoms with Gasteiger partial charge in [0.05, 0.1) is 45.9 Å². The van der Waals surface area contributed by atoms with Crippen molar-refractivity contribution in [1.29, 1.82) is 0 Å². The van der Waals surface area contributed by atoms with Crippen molar-refractivity contribution >= 4 is 23.1 Å². The summed E-state index contributed by atoms with van der Waals surface area (Å²) in [6, 6.07) is 10.7. The van der Waals surface area contributed by atoms with Crippen LogP contribution in [0, 0.1) is 11.8 Å². The number of allylic oxidation sites excluding steroid dienone is 1. The van der Waals surface area contributed by atoms with Crippen LogP contribution in [-0.2, 0) is 14.3 Å². The molecule has 0 amide bonds. The number of hydrogen-bond acceptors (Lipinski definition) is 8. The summed E-state index contributed by atoms with van der Waals surface area (Å²) in [4.78, 5) is 26.3. The Balaban J connectivity index is 1.94. The highest BCUT2D eigenvalue weighted by molar-refractivity contribution is 6.11. The van der Waals surface area contributed by atoms with Crippen LogP contribution in [0.4, 0.5) is 11.4 Å². The highest BCUT2D eigenvalue weighted by Crippen LogP contribution is 2.47. The molecule has 2 N–H and O–H groups in total. The Bertz CT molecular complexity index is 1130. The molecule has 0 radical (unpaired) electrons. The quantitative estimate of drug-likeness (QED) is 0.520. The van der Waals surface area contributed by atoms with Crippen molar-refractivity contribution in [1.82, 2.24) is 0 Å². The Morgan fingerprint density at radius 2 is 1.58 bits per heavy atom. The van der Waals surface area contributed by atoms with Crippen molar-refractivity contribution in [3.8, 4) is 17.2 Å². The lowest BCUT2D eigenvalue weighted by atomic mass is 9.74. The number of carbonyl (C=O) groups excluding carboxylic acids is 2. The lowest BCUT2D eigenvalue weighted by Crippen LogP contribution is -2.39. The number of Topliss-reactive ketones (excluding diaryl/α,β-unsaturated/α-hetero) is 1. The number of carbonyl (C=O) groups is 2.